The lowest BCUT2D eigenvalue weighted by Crippen LogP contribution is -2.35. The molecule has 106 valence electrons. The summed E-state index contributed by atoms with van der Waals surface area (Å²) >= 11 is 5.50. The minimum Gasteiger partial charge on any atom is -0.258 e. The van der Waals surface area contributed by atoms with Gasteiger partial charge >= 0.3 is 0 Å². The summed E-state index contributed by atoms with van der Waals surface area (Å²) in [5.74, 6) is 3.10. The van der Waals surface area contributed by atoms with Crippen LogP contribution < -0.4 is 0 Å². The highest BCUT2D eigenvalue weighted by Crippen LogP contribution is 2.34. The molecule has 0 aromatic heterocycles. The van der Waals surface area contributed by atoms with Gasteiger partial charge in [-0.15, -0.1) is 0 Å². The molecule has 0 aliphatic rings. The molecule has 0 unspecified atom stereocenters. The molecule has 0 radical (unpaired) electrons. The summed E-state index contributed by atoms with van der Waals surface area (Å²) in [4.78, 5) is 10.4. The molecule has 0 atom stereocenters. The Morgan fingerprint density at radius 2 is 1.42 bits per heavy atom. The van der Waals surface area contributed by atoms with Crippen molar-refractivity contribution in [2.75, 3.05) is 36.0 Å². The molecule has 1 aromatic rings. The van der Waals surface area contributed by atoms with Gasteiger partial charge in [0.15, 0.2) is 0 Å². The van der Waals surface area contributed by atoms with Gasteiger partial charge in [0.25, 0.3) is 5.69 Å². The zero-order chi connectivity index (χ0) is 14.3. The number of nitrogens with zero attached hydrogens (tertiary/aromatic N) is 1. The molecule has 0 spiro atoms. The Morgan fingerprint density at radius 3 is 1.74 bits per heavy atom. The van der Waals surface area contributed by atoms with Crippen LogP contribution in [0, 0.1) is 10.1 Å². The maximum atomic E-state index is 10.7. The quantitative estimate of drug-likeness (QED) is 0.537. The predicted molar refractivity (Wildman–Crippen MR) is 89.9 cm³/mol. The van der Waals surface area contributed by atoms with E-state index < -0.39 is 0 Å². The molecular formula is C13H19NO2S3. The zero-order valence-corrected chi connectivity index (χ0v) is 13.9. The summed E-state index contributed by atoms with van der Waals surface area (Å²) in [6.07, 6.45) is 6.34. The van der Waals surface area contributed by atoms with E-state index in [1.165, 1.54) is 5.56 Å². The van der Waals surface area contributed by atoms with Crippen LogP contribution in [0.1, 0.15) is 5.56 Å². The topological polar surface area (TPSA) is 43.1 Å². The lowest BCUT2D eigenvalue weighted by Gasteiger charge is -2.32. The fourth-order valence-corrected chi connectivity index (χ4v) is 5.30. The lowest BCUT2D eigenvalue weighted by atomic mass is 9.86. The molecule has 0 heterocycles. The van der Waals surface area contributed by atoms with Crippen molar-refractivity contribution in [3.05, 3.63) is 39.9 Å². The van der Waals surface area contributed by atoms with E-state index in [1.807, 2.05) is 47.4 Å². The fraction of sp³-hybridized carbons (Fsp3) is 0.538. The minimum absolute atomic E-state index is 0.0907. The van der Waals surface area contributed by atoms with Gasteiger partial charge in [-0.05, 0) is 24.3 Å². The number of rotatable bonds is 8. The highest BCUT2D eigenvalue weighted by atomic mass is 32.2. The van der Waals surface area contributed by atoms with Crippen LogP contribution in [-0.2, 0) is 5.41 Å². The van der Waals surface area contributed by atoms with Crippen LogP contribution in [-0.4, -0.2) is 40.9 Å². The second kappa shape index (κ2) is 8.07. The van der Waals surface area contributed by atoms with Gasteiger partial charge in [0.05, 0.1) is 4.92 Å². The Bertz CT molecular complexity index is 392. The number of non-ortho nitro benzene ring substituents is 1. The van der Waals surface area contributed by atoms with E-state index >= 15 is 0 Å². The van der Waals surface area contributed by atoms with Gasteiger partial charge in [-0.3, -0.25) is 10.1 Å². The first-order valence-corrected chi connectivity index (χ1v) is 9.99. The molecular weight excluding hydrogens is 298 g/mol. The lowest BCUT2D eigenvalue weighted by molar-refractivity contribution is -0.384. The van der Waals surface area contributed by atoms with Gasteiger partial charge in [-0.1, -0.05) is 12.1 Å². The highest BCUT2D eigenvalue weighted by Gasteiger charge is 2.31. The van der Waals surface area contributed by atoms with Crippen LogP contribution in [0.2, 0.25) is 0 Å². The smallest absolute Gasteiger partial charge is 0.258 e. The summed E-state index contributed by atoms with van der Waals surface area (Å²) in [5.41, 5.74) is 1.46. The number of benzene rings is 1. The van der Waals surface area contributed by atoms with E-state index in [9.17, 15) is 10.1 Å². The Morgan fingerprint density at radius 1 is 1.00 bits per heavy atom. The van der Waals surface area contributed by atoms with Crippen LogP contribution in [0.25, 0.3) is 0 Å². The summed E-state index contributed by atoms with van der Waals surface area (Å²) in [5, 5.41) is 10.7. The van der Waals surface area contributed by atoms with Crippen LogP contribution in [0.3, 0.4) is 0 Å². The molecule has 0 amide bonds. The first kappa shape index (κ1) is 16.7. The second-order valence-electron chi connectivity index (χ2n) is 4.38. The molecule has 0 saturated carbocycles. The van der Waals surface area contributed by atoms with Crippen LogP contribution in [0.5, 0.6) is 0 Å². The van der Waals surface area contributed by atoms with Crippen molar-refractivity contribution in [1.82, 2.24) is 0 Å². The molecule has 1 aromatic carbocycles. The molecule has 0 fully saturated rings. The first-order chi connectivity index (χ1) is 9.09. The summed E-state index contributed by atoms with van der Waals surface area (Å²) < 4.78 is 0. The Kier molecular flexibility index (Phi) is 7.10. The Balaban J connectivity index is 3.10. The minimum atomic E-state index is -0.344. The van der Waals surface area contributed by atoms with Crippen molar-refractivity contribution in [1.29, 1.82) is 0 Å². The van der Waals surface area contributed by atoms with Crippen molar-refractivity contribution in [3.63, 3.8) is 0 Å². The molecule has 0 aliphatic heterocycles. The van der Waals surface area contributed by atoms with Crippen molar-refractivity contribution >= 4 is 41.0 Å². The predicted octanol–water partition coefficient (Wildman–Crippen LogP) is 3.92. The summed E-state index contributed by atoms with van der Waals surface area (Å²) in [6.45, 7) is 0. The van der Waals surface area contributed by atoms with E-state index in [-0.39, 0.29) is 16.0 Å². The van der Waals surface area contributed by atoms with Crippen molar-refractivity contribution in [2.45, 2.75) is 5.41 Å². The standard InChI is InChI=1S/C13H19NO2S3/c1-17-8-13(9-18-2,10-19-3)11-4-6-12(7-5-11)14(15)16/h4-7H,8-10H2,1-3H3. The van der Waals surface area contributed by atoms with Gasteiger partial charge in [0.2, 0.25) is 0 Å². The zero-order valence-electron chi connectivity index (χ0n) is 11.4. The fourth-order valence-electron chi connectivity index (χ4n) is 2.14. The van der Waals surface area contributed by atoms with Gasteiger partial charge in [-0.25, -0.2) is 0 Å². The molecule has 6 heteroatoms. The van der Waals surface area contributed by atoms with Crippen LogP contribution in [0.15, 0.2) is 24.3 Å². The molecule has 1 rings (SSSR count). The third-order valence-electron chi connectivity index (χ3n) is 2.95. The average Bonchev–Trinajstić information content (AvgIpc) is 2.39. The van der Waals surface area contributed by atoms with E-state index in [0.717, 1.165) is 17.3 Å². The van der Waals surface area contributed by atoms with Gasteiger partial charge in [-0.2, -0.15) is 35.3 Å². The maximum absolute atomic E-state index is 10.7. The normalized spacial score (nSPS) is 11.5. The van der Waals surface area contributed by atoms with Gasteiger partial charge in [0.1, 0.15) is 0 Å². The van der Waals surface area contributed by atoms with E-state index in [4.69, 9.17) is 0 Å². The number of thioether (sulfide) groups is 3. The third-order valence-corrected chi connectivity index (χ3v) is 5.48. The highest BCUT2D eigenvalue weighted by molar-refractivity contribution is 8.00. The molecule has 0 aliphatic carbocycles. The van der Waals surface area contributed by atoms with Crippen molar-refractivity contribution in [3.8, 4) is 0 Å². The first-order valence-electron chi connectivity index (χ1n) is 5.81. The molecule has 3 nitrogen and oxygen atoms in total. The van der Waals surface area contributed by atoms with Crippen molar-refractivity contribution < 1.29 is 4.92 Å². The summed E-state index contributed by atoms with van der Waals surface area (Å²) in [6, 6.07) is 7.07. The average molecular weight is 318 g/mol. The van der Waals surface area contributed by atoms with Gasteiger partial charge < -0.3 is 0 Å². The van der Waals surface area contributed by atoms with E-state index in [1.54, 1.807) is 12.1 Å². The molecule has 19 heavy (non-hydrogen) atoms. The maximum Gasteiger partial charge on any atom is 0.269 e. The number of hydrogen-bond donors (Lipinski definition) is 0. The molecule has 0 bridgehead atoms. The Hall–Kier alpha value is -0.330. The third kappa shape index (κ3) is 4.33. The largest absolute Gasteiger partial charge is 0.269 e. The second-order valence-corrected chi connectivity index (χ2v) is 6.98. The van der Waals surface area contributed by atoms with E-state index in [2.05, 4.69) is 18.8 Å². The number of hydrogen-bond acceptors (Lipinski definition) is 5. The summed E-state index contributed by atoms with van der Waals surface area (Å²) in [7, 11) is 0. The van der Waals surface area contributed by atoms with Crippen LogP contribution in [0.4, 0.5) is 5.69 Å². The Labute approximate surface area is 127 Å². The SMILES string of the molecule is CSCC(CSC)(CSC)c1ccc([N+](=O)[O-])cc1. The van der Waals surface area contributed by atoms with Crippen LogP contribution >= 0.6 is 35.3 Å². The number of nitro groups is 1. The van der Waals surface area contributed by atoms with E-state index in [0.29, 0.717) is 0 Å². The molecule has 0 saturated heterocycles. The van der Waals surface area contributed by atoms with Crippen molar-refractivity contribution in [2.24, 2.45) is 0 Å². The molecule has 0 N–H and O–H groups in total. The monoisotopic (exact) mass is 317 g/mol. The van der Waals surface area contributed by atoms with Gasteiger partial charge in [0, 0.05) is 34.8 Å². The number of nitro benzene ring substituents is 1.